The van der Waals surface area contributed by atoms with Gasteiger partial charge in [0.25, 0.3) is 0 Å². The second kappa shape index (κ2) is 6.90. The summed E-state index contributed by atoms with van der Waals surface area (Å²) in [6.45, 7) is 5.20. The largest absolute Gasteiger partial charge is 0.387 e. The van der Waals surface area contributed by atoms with Crippen LogP contribution in [-0.2, 0) is 6.54 Å². The number of nitrogens with zero attached hydrogens (tertiary/aromatic N) is 2. The van der Waals surface area contributed by atoms with Crippen LogP contribution < -0.4 is 0 Å². The SMILES string of the molecule is CCCSCC(O)c1cnn(CCC)c1. The highest BCUT2D eigenvalue weighted by Gasteiger charge is 2.09. The van der Waals surface area contributed by atoms with Gasteiger partial charge in [-0.3, -0.25) is 4.68 Å². The van der Waals surface area contributed by atoms with E-state index in [-0.39, 0.29) is 6.10 Å². The third kappa shape index (κ3) is 4.26. The van der Waals surface area contributed by atoms with Crippen LogP contribution in [0.2, 0.25) is 0 Å². The summed E-state index contributed by atoms with van der Waals surface area (Å²) in [6, 6.07) is 0. The van der Waals surface area contributed by atoms with Crippen LogP contribution in [0.25, 0.3) is 0 Å². The molecule has 0 aromatic carbocycles. The van der Waals surface area contributed by atoms with Gasteiger partial charge < -0.3 is 5.11 Å². The van der Waals surface area contributed by atoms with Crippen molar-refractivity contribution in [3.05, 3.63) is 18.0 Å². The summed E-state index contributed by atoms with van der Waals surface area (Å²) in [4.78, 5) is 0. The summed E-state index contributed by atoms with van der Waals surface area (Å²) in [6.07, 6.45) is 5.58. The predicted molar refractivity (Wildman–Crippen MR) is 65.1 cm³/mol. The summed E-state index contributed by atoms with van der Waals surface area (Å²) in [5.41, 5.74) is 0.937. The summed E-state index contributed by atoms with van der Waals surface area (Å²) >= 11 is 1.79. The molecule has 0 bridgehead atoms. The monoisotopic (exact) mass is 228 g/mol. The first-order valence-corrected chi connectivity index (χ1v) is 6.71. The zero-order valence-corrected chi connectivity index (χ0v) is 10.3. The first kappa shape index (κ1) is 12.6. The Labute approximate surface area is 95.9 Å². The molecule has 0 spiro atoms. The number of hydrogen-bond donors (Lipinski definition) is 1. The number of aliphatic hydroxyl groups is 1. The fourth-order valence-electron chi connectivity index (χ4n) is 1.34. The predicted octanol–water partition coefficient (Wildman–Crippen LogP) is 2.47. The minimum atomic E-state index is -0.368. The third-order valence-electron chi connectivity index (χ3n) is 2.11. The quantitative estimate of drug-likeness (QED) is 0.729. The van der Waals surface area contributed by atoms with Gasteiger partial charge in [0.15, 0.2) is 0 Å². The molecule has 0 fully saturated rings. The lowest BCUT2D eigenvalue weighted by Crippen LogP contribution is -2.00. The smallest absolute Gasteiger partial charge is 0.0910 e. The Kier molecular flexibility index (Phi) is 5.79. The molecule has 0 aliphatic heterocycles. The molecule has 1 atom stereocenters. The van der Waals surface area contributed by atoms with Gasteiger partial charge in [-0.15, -0.1) is 0 Å². The minimum absolute atomic E-state index is 0.368. The highest BCUT2D eigenvalue weighted by Crippen LogP contribution is 2.18. The van der Waals surface area contributed by atoms with Crippen molar-refractivity contribution >= 4 is 11.8 Å². The maximum atomic E-state index is 9.85. The van der Waals surface area contributed by atoms with Crippen LogP contribution in [0, 0.1) is 0 Å². The van der Waals surface area contributed by atoms with Gasteiger partial charge in [0.05, 0.1) is 12.3 Å². The van der Waals surface area contributed by atoms with E-state index in [9.17, 15) is 5.11 Å². The van der Waals surface area contributed by atoms with E-state index in [2.05, 4.69) is 18.9 Å². The normalized spacial score (nSPS) is 13.0. The second-order valence-electron chi connectivity index (χ2n) is 3.63. The molecule has 0 aliphatic rings. The lowest BCUT2D eigenvalue weighted by atomic mass is 10.2. The molecule has 1 unspecified atom stereocenters. The first-order valence-electron chi connectivity index (χ1n) is 5.56. The van der Waals surface area contributed by atoms with Gasteiger partial charge in [-0.1, -0.05) is 13.8 Å². The van der Waals surface area contributed by atoms with Crippen molar-refractivity contribution in [3.8, 4) is 0 Å². The standard InChI is InChI=1S/C11H20N2OS/c1-3-5-13-8-10(7-12-13)11(14)9-15-6-4-2/h7-8,11,14H,3-6,9H2,1-2H3. The number of aromatic nitrogens is 2. The van der Waals surface area contributed by atoms with Gasteiger partial charge >= 0.3 is 0 Å². The van der Waals surface area contributed by atoms with E-state index < -0.39 is 0 Å². The Balaban J connectivity index is 2.39. The van der Waals surface area contributed by atoms with Crippen molar-refractivity contribution in [2.45, 2.75) is 39.3 Å². The van der Waals surface area contributed by atoms with Crippen LogP contribution in [0.5, 0.6) is 0 Å². The van der Waals surface area contributed by atoms with Crippen molar-refractivity contribution in [1.82, 2.24) is 9.78 Å². The molecule has 86 valence electrons. The van der Waals surface area contributed by atoms with Crippen molar-refractivity contribution in [2.24, 2.45) is 0 Å². The van der Waals surface area contributed by atoms with Crippen LogP contribution >= 0.6 is 11.8 Å². The first-order chi connectivity index (χ1) is 7.27. The van der Waals surface area contributed by atoms with Gasteiger partial charge in [-0.2, -0.15) is 16.9 Å². The van der Waals surface area contributed by atoms with E-state index in [0.717, 1.165) is 36.5 Å². The van der Waals surface area contributed by atoms with Crippen LogP contribution in [-0.4, -0.2) is 26.4 Å². The Bertz CT molecular complexity index is 275. The fraction of sp³-hybridized carbons (Fsp3) is 0.727. The van der Waals surface area contributed by atoms with Gasteiger partial charge in [0.2, 0.25) is 0 Å². The molecule has 0 saturated carbocycles. The van der Waals surface area contributed by atoms with E-state index in [1.54, 1.807) is 18.0 Å². The van der Waals surface area contributed by atoms with E-state index in [1.165, 1.54) is 0 Å². The van der Waals surface area contributed by atoms with Crippen LogP contribution in [0.4, 0.5) is 0 Å². The highest BCUT2D eigenvalue weighted by atomic mass is 32.2. The second-order valence-corrected chi connectivity index (χ2v) is 4.78. The fourth-order valence-corrected chi connectivity index (χ4v) is 2.21. The average molecular weight is 228 g/mol. The summed E-state index contributed by atoms with van der Waals surface area (Å²) in [5.74, 6) is 1.88. The molecule has 1 heterocycles. The van der Waals surface area contributed by atoms with Crippen LogP contribution in [0.15, 0.2) is 12.4 Å². The Morgan fingerprint density at radius 2 is 2.27 bits per heavy atom. The number of aryl methyl sites for hydroxylation is 1. The van der Waals surface area contributed by atoms with Crippen LogP contribution in [0.1, 0.15) is 38.4 Å². The third-order valence-corrected chi connectivity index (χ3v) is 3.36. The van der Waals surface area contributed by atoms with Gasteiger partial charge in [0.1, 0.15) is 0 Å². The summed E-state index contributed by atoms with van der Waals surface area (Å²) in [7, 11) is 0. The van der Waals surface area contributed by atoms with E-state index in [0.29, 0.717) is 0 Å². The average Bonchev–Trinajstić information content (AvgIpc) is 2.67. The Morgan fingerprint density at radius 3 is 2.93 bits per heavy atom. The van der Waals surface area contributed by atoms with Gasteiger partial charge in [-0.25, -0.2) is 0 Å². The van der Waals surface area contributed by atoms with Crippen LogP contribution in [0.3, 0.4) is 0 Å². The van der Waals surface area contributed by atoms with E-state index in [4.69, 9.17) is 0 Å². The highest BCUT2D eigenvalue weighted by molar-refractivity contribution is 7.99. The maximum absolute atomic E-state index is 9.85. The van der Waals surface area contributed by atoms with Crippen molar-refractivity contribution in [2.75, 3.05) is 11.5 Å². The van der Waals surface area contributed by atoms with Gasteiger partial charge in [-0.05, 0) is 18.6 Å². The van der Waals surface area contributed by atoms with E-state index in [1.807, 2.05) is 10.9 Å². The minimum Gasteiger partial charge on any atom is -0.387 e. The molecule has 1 N–H and O–H groups in total. The molecule has 0 amide bonds. The molecule has 1 aromatic heterocycles. The van der Waals surface area contributed by atoms with E-state index >= 15 is 0 Å². The lowest BCUT2D eigenvalue weighted by Gasteiger charge is -2.06. The van der Waals surface area contributed by atoms with Crippen molar-refractivity contribution < 1.29 is 5.11 Å². The molecular formula is C11H20N2OS. The lowest BCUT2D eigenvalue weighted by molar-refractivity contribution is 0.204. The van der Waals surface area contributed by atoms with Gasteiger partial charge in [0, 0.05) is 24.1 Å². The number of thioether (sulfide) groups is 1. The Hall–Kier alpha value is -0.480. The molecule has 15 heavy (non-hydrogen) atoms. The summed E-state index contributed by atoms with van der Waals surface area (Å²) < 4.78 is 1.89. The molecule has 0 aliphatic carbocycles. The molecule has 4 heteroatoms. The topological polar surface area (TPSA) is 38.1 Å². The molecular weight excluding hydrogens is 208 g/mol. The molecule has 3 nitrogen and oxygen atoms in total. The number of hydrogen-bond acceptors (Lipinski definition) is 3. The molecule has 0 saturated heterocycles. The zero-order valence-electron chi connectivity index (χ0n) is 9.52. The Morgan fingerprint density at radius 1 is 1.47 bits per heavy atom. The molecule has 1 aromatic rings. The maximum Gasteiger partial charge on any atom is 0.0910 e. The summed E-state index contributed by atoms with van der Waals surface area (Å²) in [5, 5.41) is 14.1. The number of rotatable bonds is 7. The molecule has 0 radical (unpaired) electrons. The van der Waals surface area contributed by atoms with Crippen molar-refractivity contribution in [3.63, 3.8) is 0 Å². The zero-order chi connectivity index (χ0) is 11.1. The number of aliphatic hydroxyl groups excluding tert-OH is 1. The van der Waals surface area contributed by atoms with Crippen molar-refractivity contribution in [1.29, 1.82) is 0 Å². The molecule has 1 rings (SSSR count).